The minimum absolute atomic E-state index is 0.0547. The van der Waals surface area contributed by atoms with Crippen molar-refractivity contribution in [1.29, 1.82) is 0 Å². The Hall–Kier alpha value is -3.94. The number of nitrogens with one attached hydrogen (secondary N) is 1. The summed E-state index contributed by atoms with van der Waals surface area (Å²) >= 11 is 0. The molecule has 0 spiro atoms. The summed E-state index contributed by atoms with van der Waals surface area (Å²) in [6.07, 6.45) is 6.13. The van der Waals surface area contributed by atoms with Crippen molar-refractivity contribution in [2.45, 2.75) is 51.9 Å². The number of carbonyl (C=O) groups is 1. The maximum Gasteiger partial charge on any atom is 0.255 e. The summed E-state index contributed by atoms with van der Waals surface area (Å²) in [6.45, 7) is 8.40. The first-order valence-electron chi connectivity index (χ1n) is 12.2. The number of imidazole rings is 1. The van der Waals surface area contributed by atoms with Gasteiger partial charge in [0.1, 0.15) is 17.3 Å². The molecule has 0 bridgehead atoms. The van der Waals surface area contributed by atoms with Crippen molar-refractivity contribution in [3.63, 3.8) is 0 Å². The van der Waals surface area contributed by atoms with Gasteiger partial charge in [-0.25, -0.2) is 9.67 Å². The Balaban J connectivity index is 1.42. The number of aromatic nitrogens is 5. The highest BCUT2D eigenvalue weighted by Crippen LogP contribution is 2.40. The molecule has 8 heteroatoms. The van der Waals surface area contributed by atoms with E-state index in [-0.39, 0.29) is 11.3 Å². The van der Waals surface area contributed by atoms with Crippen LogP contribution in [0.25, 0.3) is 17.1 Å². The zero-order valence-corrected chi connectivity index (χ0v) is 21.7. The SMILES string of the molecule is COc1ccc(C(C)(C)C)cc1NC(=O)c1ccc(C)c(-n2cc(-c3cnc(C4CC4)n3C)nn2)c1. The van der Waals surface area contributed by atoms with Crippen LogP contribution in [-0.2, 0) is 12.5 Å². The fourth-order valence-electron chi connectivity index (χ4n) is 4.35. The van der Waals surface area contributed by atoms with Crippen LogP contribution in [0, 0.1) is 6.92 Å². The largest absolute Gasteiger partial charge is 0.495 e. The van der Waals surface area contributed by atoms with Crippen LogP contribution in [0.2, 0.25) is 0 Å². The number of rotatable bonds is 6. The second-order valence-electron chi connectivity index (χ2n) is 10.5. The lowest BCUT2D eigenvalue weighted by molar-refractivity contribution is 0.102. The lowest BCUT2D eigenvalue weighted by atomic mass is 9.87. The Morgan fingerprint density at radius 2 is 1.92 bits per heavy atom. The van der Waals surface area contributed by atoms with E-state index in [1.54, 1.807) is 11.8 Å². The molecule has 186 valence electrons. The molecule has 1 saturated carbocycles. The van der Waals surface area contributed by atoms with E-state index < -0.39 is 0 Å². The third kappa shape index (κ3) is 4.51. The molecule has 1 aliphatic rings. The molecular formula is C28H32N6O2. The fraction of sp³-hybridized carbons (Fsp3) is 0.357. The van der Waals surface area contributed by atoms with Gasteiger partial charge in [0, 0.05) is 18.5 Å². The van der Waals surface area contributed by atoms with E-state index in [0.29, 0.717) is 22.9 Å². The van der Waals surface area contributed by atoms with Crippen molar-refractivity contribution in [3.05, 3.63) is 71.3 Å². The van der Waals surface area contributed by atoms with Crippen LogP contribution in [0.4, 0.5) is 5.69 Å². The molecule has 5 rings (SSSR count). The van der Waals surface area contributed by atoms with Crippen molar-refractivity contribution in [2.75, 3.05) is 12.4 Å². The van der Waals surface area contributed by atoms with Gasteiger partial charge < -0.3 is 14.6 Å². The molecule has 0 saturated heterocycles. The molecule has 0 radical (unpaired) electrons. The quantitative estimate of drug-likeness (QED) is 0.395. The van der Waals surface area contributed by atoms with Gasteiger partial charge in [-0.15, -0.1) is 5.10 Å². The van der Waals surface area contributed by atoms with Gasteiger partial charge in [-0.05, 0) is 60.6 Å². The first-order valence-corrected chi connectivity index (χ1v) is 12.2. The summed E-state index contributed by atoms with van der Waals surface area (Å²) in [4.78, 5) is 17.8. The molecule has 2 heterocycles. The molecule has 8 nitrogen and oxygen atoms in total. The Morgan fingerprint density at radius 3 is 2.61 bits per heavy atom. The van der Waals surface area contributed by atoms with Crippen LogP contribution in [-0.4, -0.2) is 37.6 Å². The standard InChI is InChI=1S/C28H32N6O2/c1-17-7-8-19(27(35)30-21-14-20(28(2,3)4)11-12-25(21)36-6)13-23(17)34-16-22(31-32-34)24-15-29-26(33(24)5)18-9-10-18/h7-8,11-16,18H,9-10H2,1-6H3,(H,30,35). The first kappa shape index (κ1) is 23.8. The second-order valence-corrected chi connectivity index (χ2v) is 10.5. The molecule has 36 heavy (non-hydrogen) atoms. The van der Waals surface area contributed by atoms with E-state index in [9.17, 15) is 4.79 Å². The number of benzene rings is 2. The molecule has 0 aliphatic heterocycles. The number of aryl methyl sites for hydroxylation is 1. The third-order valence-corrected chi connectivity index (χ3v) is 6.75. The van der Waals surface area contributed by atoms with Crippen molar-refractivity contribution in [3.8, 4) is 22.8 Å². The highest BCUT2D eigenvalue weighted by Gasteiger charge is 2.29. The number of amides is 1. The third-order valence-electron chi connectivity index (χ3n) is 6.75. The molecule has 2 aromatic carbocycles. The highest BCUT2D eigenvalue weighted by molar-refractivity contribution is 6.05. The summed E-state index contributed by atoms with van der Waals surface area (Å²) in [5.74, 6) is 2.05. The van der Waals surface area contributed by atoms with Crippen LogP contribution >= 0.6 is 0 Å². The summed E-state index contributed by atoms with van der Waals surface area (Å²) in [6, 6.07) is 11.5. The molecule has 0 unspecified atom stereocenters. The number of hydrogen-bond donors (Lipinski definition) is 1. The van der Waals surface area contributed by atoms with Gasteiger partial charge in [0.15, 0.2) is 0 Å². The Labute approximate surface area is 211 Å². The van der Waals surface area contributed by atoms with Gasteiger partial charge in [-0.3, -0.25) is 4.79 Å². The predicted molar refractivity (Wildman–Crippen MR) is 140 cm³/mol. The maximum atomic E-state index is 13.3. The van der Waals surface area contributed by atoms with Crippen molar-refractivity contribution in [1.82, 2.24) is 24.5 Å². The molecule has 1 fully saturated rings. The van der Waals surface area contributed by atoms with E-state index >= 15 is 0 Å². The summed E-state index contributed by atoms with van der Waals surface area (Å²) in [5.41, 5.74) is 5.67. The first-order chi connectivity index (χ1) is 17.2. The van der Waals surface area contributed by atoms with Gasteiger partial charge in [0.05, 0.1) is 36.6 Å². The molecule has 1 amide bonds. The normalized spacial score (nSPS) is 13.6. The highest BCUT2D eigenvalue weighted by atomic mass is 16.5. The number of carbonyl (C=O) groups excluding carboxylic acids is 1. The Bertz CT molecular complexity index is 1440. The van der Waals surface area contributed by atoms with Crippen molar-refractivity contribution in [2.24, 2.45) is 7.05 Å². The monoisotopic (exact) mass is 484 g/mol. The van der Waals surface area contributed by atoms with E-state index in [1.165, 1.54) is 12.8 Å². The van der Waals surface area contributed by atoms with E-state index in [2.05, 4.69) is 46.0 Å². The van der Waals surface area contributed by atoms with Gasteiger partial charge >= 0.3 is 0 Å². The molecule has 1 aliphatic carbocycles. The van der Waals surface area contributed by atoms with Crippen LogP contribution in [0.5, 0.6) is 5.75 Å². The Morgan fingerprint density at radius 1 is 1.14 bits per heavy atom. The van der Waals surface area contributed by atoms with Gasteiger partial charge in [0.2, 0.25) is 0 Å². The molecule has 4 aromatic rings. The van der Waals surface area contributed by atoms with E-state index in [0.717, 1.165) is 34.0 Å². The molecule has 0 atom stereocenters. The molecule has 2 aromatic heterocycles. The van der Waals surface area contributed by atoms with Gasteiger partial charge in [-0.2, -0.15) is 0 Å². The maximum absolute atomic E-state index is 13.3. The zero-order valence-electron chi connectivity index (χ0n) is 21.7. The molecule has 1 N–H and O–H groups in total. The van der Waals surface area contributed by atoms with Gasteiger partial charge in [-0.1, -0.05) is 38.1 Å². The molecular weight excluding hydrogens is 452 g/mol. The second kappa shape index (κ2) is 8.93. The fourth-order valence-corrected chi connectivity index (χ4v) is 4.35. The lowest BCUT2D eigenvalue weighted by Gasteiger charge is -2.21. The number of nitrogens with zero attached hydrogens (tertiary/aromatic N) is 5. The topological polar surface area (TPSA) is 86.9 Å². The lowest BCUT2D eigenvalue weighted by Crippen LogP contribution is -2.16. The number of anilines is 1. The predicted octanol–water partition coefficient (Wildman–Crippen LogP) is 5.41. The smallest absolute Gasteiger partial charge is 0.255 e. The number of hydrogen-bond acceptors (Lipinski definition) is 5. The van der Waals surface area contributed by atoms with Gasteiger partial charge in [0.25, 0.3) is 5.91 Å². The zero-order chi connectivity index (χ0) is 25.6. The number of methoxy groups -OCH3 is 1. The summed E-state index contributed by atoms with van der Waals surface area (Å²) in [7, 11) is 3.62. The van der Waals surface area contributed by atoms with Crippen LogP contribution in [0.15, 0.2) is 48.8 Å². The average Bonchev–Trinajstić information content (AvgIpc) is 3.44. The summed E-state index contributed by atoms with van der Waals surface area (Å²) in [5, 5.41) is 11.8. The average molecular weight is 485 g/mol. The van der Waals surface area contributed by atoms with E-state index in [1.807, 2.05) is 62.8 Å². The Kier molecular flexibility index (Phi) is 5.90. The van der Waals surface area contributed by atoms with Crippen LogP contribution in [0.3, 0.4) is 0 Å². The van der Waals surface area contributed by atoms with Crippen molar-refractivity contribution < 1.29 is 9.53 Å². The van der Waals surface area contributed by atoms with Crippen LogP contribution < -0.4 is 10.1 Å². The van der Waals surface area contributed by atoms with Crippen LogP contribution in [0.1, 0.15) is 66.8 Å². The summed E-state index contributed by atoms with van der Waals surface area (Å²) < 4.78 is 9.31. The minimum atomic E-state index is -0.221. The van der Waals surface area contributed by atoms with E-state index in [4.69, 9.17) is 4.74 Å². The number of ether oxygens (including phenoxy) is 1. The minimum Gasteiger partial charge on any atom is -0.495 e. The van der Waals surface area contributed by atoms with Crippen molar-refractivity contribution >= 4 is 11.6 Å².